The van der Waals surface area contributed by atoms with Gasteiger partial charge in [0.05, 0.1) is 5.56 Å². The van der Waals surface area contributed by atoms with E-state index in [1.807, 2.05) is 12.1 Å². The van der Waals surface area contributed by atoms with Gasteiger partial charge in [0.25, 0.3) is 0 Å². The highest BCUT2D eigenvalue weighted by atomic mass is 16.3. The molecule has 2 heterocycles. The van der Waals surface area contributed by atoms with Crippen molar-refractivity contribution in [2.45, 2.75) is 5.92 Å². The van der Waals surface area contributed by atoms with Crippen LogP contribution in [-0.2, 0) is 0 Å². The van der Waals surface area contributed by atoms with Gasteiger partial charge in [0.1, 0.15) is 22.3 Å². The van der Waals surface area contributed by atoms with Gasteiger partial charge in [0.2, 0.25) is 0 Å². The first-order chi connectivity index (χ1) is 27.8. The van der Waals surface area contributed by atoms with Gasteiger partial charge in [-0.15, -0.1) is 0 Å². The minimum absolute atomic E-state index is 0.107. The van der Waals surface area contributed by atoms with Crippen molar-refractivity contribution < 1.29 is 8.83 Å². The normalized spacial score (nSPS) is 16.4. The summed E-state index contributed by atoms with van der Waals surface area (Å²) < 4.78 is 13.4. The molecule has 8 aromatic carbocycles. The molecule has 0 fully saturated rings. The van der Waals surface area contributed by atoms with E-state index in [-0.39, 0.29) is 11.8 Å². The van der Waals surface area contributed by atoms with Crippen LogP contribution in [0.5, 0.6) is 0 Å². The molecule has 0 amide bonds. The second-order valence-corrected chi connectivity index (χ2v) is 15.1. The van der Waals surface area contributed by atoms with E-state index < -0.39 is 0 Å². The Morgan fingerprint density at radius 1 is 0.429 bits per heavy atom. The van der Waals surface area contributed by atoms with E-state index in [0.29, 0.717) is 0 Å². The largest absolute Gasteiger partial charge is 0.455 e. The molecule has 0 saturated carbocycles. The number of para-hydroxylation sites is 2. The van der Waals surface area contributed by atoms with E-state index >= 15 is 0 Å². The molecule has 2 aliphatic rings. The molecule has 2 atom stereocenters. The van der Waals surface area contributed by atoms with Crippen LogP contribution in [0.25, 0.3) is 82.5 Å². The summed E-state index contributed by atoms with van der Waals surface area (Å²) in [5.74, 6) is 0.258. The van der Waals surface area contributed by atoms with Crippen LogP contribution >= 0.6 is 0 Å². The average Bonchev–Trinajstić information content (AvgIpc) is 3.82. The van der Waals surface area contributed by atoms with Crippen molar-refractivity contribution in [1.82, 2.24) is 0 Å². The maximum atomic E-state index is 6.71. The van der Waals surface area contributed by atoms with Gasteiger partial charge in [-0.3, -0.25) is 0 Å². The summed E-state index contributed by atoms with van der Waals surface area (Å²) in [6, 6.07) is 61.5. The van der Waals surface area contributed by atoms with Gasteiger partial charge in [0, 0.05) is 33.4 Å². The lowest BCUT2D eigenvalue weighted by Gasteiger charge is -2.37. The van der Waals surface area contributed by atoms with E-state index in [2.05, 4.69) is 182 Å². The van der Waals surface area contributed by atoms with Gasteiger partial charge >= 0.3 is 0 Å². The Labute approximate surface area is 323 Å². The molecule has 0 radical (unpaired) electrons. The topological polar surface area (TPSA) is 26.3 Å². The highest BCUT2D eigenvalue weighted by molar-refractivity contribution is 6.22. The summed E-state index contributed by atoms with van der Waals surface area (Å²) >= 11 is 0. The summed E-state index contributed by atoms with van der Waals surface area (Å²) in [7, 11) is 0. The predicted molar refractivity (Wildman–Crippen MR) is 232 cm³/mol. The van der Waals surface area contributed by atoms with Gasteiger partial charge < -0.3 is 8.83 Å². The molecule has 10 aromatic rings. The zero-order chi connectivity index (χ0) is 36.7. The van der Waals surface area contributed by atoms with Gasteiger partial charge in [0.15, 0.2) is 0 Å². The lowest BCUT2D eigenvalue weighted by atomic mass is 9.66. The monoisotopic (exact) mass is 714 g/mol. The van der Waals surface area contributed by atoms with Gasteiger partial charge in [-0.2, -0.15) is 0 Å². The van der Waals surface area contributed by atoms with Crippen LogP contribution in [0.3, 0.4) is 0 Å². The van der Waals surface area contributed by atoms with Crippen molar-refractivity contribution in [3.05, 3.63) is 222 Å². The Balaban J connectivity index is 1.04. The van der Waals surface area contributed by atoms with Gasteiger partial charge in [-0.25, -0.2) is 0 Å². The maximum Gasteiger partial charge on any atom is 0.147 e. The summed E-state index contributed by atoms with van der Waals surface area (Å²) in [6.45, 7) is 0. The molecule has 0 bridgehead atoms. The SMILES string of the molecule is C1=CC2=C(c3cccc(-c4ccc5ccccc5c4)c3)c3ccccc3C(c3cccc(-c4c5oc6ccccc6c5cc5c4oc4ccccc45)c3)C2C=C1. The summed E-state index contributed by atoms with van der Waals surface area (Å²) in [5.41, 5.74) is 15.8. The first kappa shape index (κ1) is 31.2. The van der Waals surface area contributed by atoms with Crippen LogP contribution < -0.4 is 0 Å². The number of benzene rings is 8. The lowest BCUT2D eigenvalue weighted by Crippen LogP contribution is -2.22. The number of fused-ring (bicyclic) bond motifs is 9. The van der Waals surface area contributed by atoms with Gasteiger partial charge in [-0.05, 0) is 91.2 Å². The minimum atomic E-state index is 0.107. The van der Waals surface area contributed by atoms with Crippen molar-refractivity contribution in [2.75, 3.05) is 0 Å². The molecular formula is C54H34O2. The molecule has 2 heteroatoms. The molecule has 2 unspecified atom stereocenters. The Bertz CT molecular complexity index is 3240. The fourth-order valence-corrected chi connectivity index (χ4v) is 9.56. The number of hydrogen-bond acceptors (Lipinski definition) is 2. The predicted octanol–water partition coefficient (Wildman–Crippen LogP) is 14.7. The summed E-state index contributed by atoms with van der Waals surface area (Å²) in [4.78, 5) is 0. The van der Waals surface area contributed by atoms with Crippen LogP contribution in [0.15, 0.2) is 209 Å². The minimum Gasteiger partial charge on any atom is -0.455 e. The quantitative estimate of drug-likeness (QED) is 0.181. The molecule has 56 heavy (non-hydrogen) atoms. The van der Waals surface area contributed by atoms with Crippen molar-refractivity contribution in [3.63, 3.8) is 0 Å². The molecule has 2 aromatic heterocycles. The highest BCUT2D eigenvalue weighted by Crippen LogP contribution is 2.52. The Kier molecular flexibility index (Phi) is 6.79. The standard InChI is InChI=1S/C54H34O2/c1-2-14-34-29-36(28-27-33(34)13-1)35-15-11-16-37(30-35)50-42-21-3-5-23-44(42)51(45-24-6-4-22-43(45)50)38-17-12-18-39(31-38)52-53-46(40-19-7-9-25-48(40)55-53)32-47-41-20-8-10-26-49(41)56-54(47)52/h1-32,44,51H. The van der Waals surface area contributed by atoms with E-state index in [1.54, 1.807) is 0 Å². The van der Waals surface area contributed by atoms with E-state index in [4.69, 9.17) is 8.83 Å². The fraction of sp³-hybridized carbons (Fsp3) is 0.0370. The van der Waals surface area contributed by atoms with E-state index in [0.717, 1.165) is 55.0 Å². The summed E-state index contributed by atoms with van der Waals surface area (Å²) in [5, 5.41) is 6.93. The third-order valence-electron chi connectivity index (χ3n) is 12.1. The molecule has 0 spiro atoms. The van der Waals surface area contributed by atoms with Crippen molar-refractivity contribution >= 4 is 60.2 Å². The number of rotatable bonds is 4. The smallest absolute Gasteiger partial charge is 0.147 e. The Morgan fingerprint density at radius 2 is 1.09 bits per heavy atom. The van der Waals surface area contributed by atoms with Crippen LogP contribution in [0, 0.1) is 5.92 Å². The first-order valence-electron chi connectivity index (χ1n) is 19.4. The molecule has 2 aliphatic carbocycles. The second-order valence-electron chi connectivity index (χ2n) is 15.1. The zero-order valence-electron chi connectivity index (χ0n) is 30.4. The molecular weight excluding hydrogens is 681 g/mol. The third-order valence-corrected chi connectivity index (χ3v) is 12.1. The first-order valence-corrected chi connectivity index (χ1v) is 19.4. The average molecular weight is 715 g/mol. The third kappa shape index (κ3) is 4.69. The van der Waals surface area contributed by atoms with Crippen LogP contribution in [0.4, 0.5) is 0 Å². The maximum absolute atomic E-state index is 6.71. The van der Waals surface area contributed by atoms with Crippen LogP contribution in [0.2, 0.25) is 0 Å². The Morgan fingerprint density at radius 3 is 1.91 bits per heavy atom. The summed E-state index contributed by atoms with van der Waals surface area (Å²) in [6.07, 6.45) is 9.14. The lowest BCUT2D eigenvalue weighted by molar-refractivity contribution is 0.648. The fourth-order valence-electron chi connectivity index (χ4n) is 9.56. The second kappa shape index (κ2) is 12.2. The van der Waals surface area contributed by atoms with E-state index in [9.17, 15) is 0 Å². The Hall–Kier alpha value is -7.16. The van der Waals surface area contributed by atoms with Crippen molar-refractivity contribution in [3.8, 4) is 22.3 Å². The number of furan rings is 2. The molecule has 2 nitrogen and oxygen atoms in total. The van der Waals surface area contributed by atoms with Crippen molar-refractivity contribution in [2.24, 2.45) is 5.92 Å². The van der Waals surface area contributed by atoms with Gasteiger partial charge in [-0.1, -0.05) is 164 Å². The molecule has 12 rings (SSSR count). The van der Waals surface area contributed by atoms with Crippen LogP contribution in [-0.4, -0.2) is 0 Å². The molecule has 0 N–H and O–H groups in total. The highest BCUT2D eigenvalue weighted by Gasteiger charge is 2.36. The molecule has 262 valence electrons. The number of allylic oxidation sites excluding steroid dienone is 5. The van der Waals surface area contributed by atoms with Crippen molar-refractivity contribution in [1.29, 1.82) is 0 Å². The zero-order valence-corrected chi connectivity index (χ0v) is 30.4. The number of hydrogen-bond donors (Lipinski definition) is 0. The molecule has 0 saturated heterocycles. The van der Waals surface area contributed by atoms with E-state index in [1.165, 1.54) is 55.3 Å². The molecule has 0 aliphatic heterocycles. The van der Waals surface area contributed by atoms with Crippen LogP contribution in [0.1, 0.15) is 28.2 Å².